The molecule has 110 valence electrons. The molecule has 1 N–H and O–H groups in total. The maximum Gasteiger partial charge on any atom is 0.220 e. The molecule has 3 heteroatoms. The molecule has 0 aromatic carbocycles. The lowest BCUT2D eigenvalue weighted by molar-refractivity contribution is -0.122. The lowest BCUT2D eigenvalue weighted by atomic mass is 9.84. The molecular formula is C17H25NOS. The van der Waals surface area contributed by atoms with Gasteiger partial charge in [-0.25, -0.2) is 0 Å². The molecule has 0 aliphatic heterocycles. The summed E-state index contributed by atoms with van der Waals surface area (Å²) in [5.41, 5.74) is 0. The number of carbonyl (C=O) groups excluding carboxylic acids is 1. The Hall–Kier alpha value is -0.830. The van der Waals surface area contributed by atoms with Crippen molar-refractivity contribution in [2.24, 2.45) is 17.8 Å². The fourth-order valence-electron chi connectivity index (χ4n) is 4.22. The van der Waals surface area contributed by atoms with E-state index < -0.39 is 0 Å². The van der Waals surface area contributed by atoms with Crippen molar-refractivity contribution in [3.63, 3.8) is 0 Å². The molecule has 1 heterocycles. The van der Waals surface area contributed by atoms with Gasteiger partial charge in [-0.15, -0.1) is 11.3 Å². The molecule has 3 rings (SSSR count). The zero-order valence-electron chi connectivity index (χ0n) is 12.3. The van der Waals surface area contributed by atoms with Gasteiger partial charge in [0.15, 0.2) is 0 Å². The van der Waals surface area contributed by atoms with Crippen molar-refractivity contribution < 1.29 is 4.79 Å². The topological polar surface area (TPSA) is 29.1 Å². The number of aryl methyl sites for hydroxylation is 1. The Kier molecular flexibility index (Phi) is 4.45. The van der Waals surface area contributed by atoms with Gasteiger partial charge in [0, 0.05) is 17.3 Å². The van der Waals surface area contributed by atoms with Gasteiger partial charge in [0.05, 0.1) is 0 Å². The second-order valence-electron chi connectivity index (χ2n) is 6.63. The van der Waals surface area contributed by atoms with E-state index in [0.29, 0.717) is 12.5 Å². The maximum atomic E-state index is 12.0. The van der Waals surface area contributed by atoms with E-state index in [-0.39, 0.29) is 5.91 Å². The standard InChI is InChI=1S/C17H25NOS/c1-12(16-11-13-7-8-14(16)10-13)18-17(19)6-2-4-15-5-3-9-20-15/h3,5,9,12-14,16H,2,4,6-8,10-11H2,1H3,(H,18,19). The molecule has 2 saturated carbocycles. The number of hydrogen-bond acceptors (Lipinski definition) is 2. The lowest BCUT2D eigenvalue weighted by Crippen LogP contribution is -2.40. The van der Waals surface area contributed by atoms with Crippen molar-refractivity contribution in [2.45, 2.75) is 57.9 Å². The highest BCUT2D eigenvalue weighted by Gasteiger charge is 2.41. The summed E-state index contributed by atoms with van der Waals surface area (Å²) in [6.07, 6.45) is 8.27. The maximum absolute atomic E-state index is 12.0. The van der Waals surface area contributed by atoms with Gasteiger partial charge in [-0.2, -0.15) is 0 Å². The van der Waals surface area contributed by atoms with Crippen molar-refractivity contribution >= 4 is 17.2 Å². The number of fused-ring (bicyclic) bond motifs is 2. The number of thiophene rings is 1. The summed E-state index contributed by atoms with van der Waals surface area (Å²) in [4.78, 5) is 13.4. The molecule has 2 fully saturated rings. The van der Waals surface area contributed by atoms with Crippen LogP contribution < -0.4 is 5.32 Å². The molecule has 2 aliphatic carbocycles. The second-order valence-corrected chi connectivity index (χ2v) is 7.66. The van der Waals surface area contributed by atoms with Crippen LogP contribution in [0.5, 0.6) is 0 Å². The summed E-state index contributed by atoms with van der Waals surface area (Å²) >= 11 is 1.79. The summed E-state index contributed by atoms with van der Waals surface area (Å²) in [7, 11) is 0. The van der Waals surface area contributed by atoms with Crippen LogP contribution in [0.25, 0.3) is 0 Å². The molecule has 4 unspecified atom stereocenters. The molecule has 4 atom stereocenters. The van der Waals surface area contributed by atoms with Gasteiger partial charge in [0.1, 0.15) is 0 Å². The Labute approximate surface area is 126 Å². The number of carbonyl (C=O) groups is 1. The minimum atomic E-state index is 0.247. The van der Waals surface area contributed by atoms with Crippen LogP contribution in [0.1, 0.15) is 50.3 Å². The minimum Gasteiger partial charge on any atom is -0.353 e. The summed E-state index contributed by atoms with van der Waals surface area (Å²) in [6, 6.07) is 4.61. The average Bonchev–Trinajstić information content (AvgIpc) is 3.15. The third kappa shape index (κ3) is 3.25. The third-order valence-corrected chi connectivity index (χ3v) is 6.17. The van der Waals surface area contributed by atoms with Crippen LogP contribution in [0.3, 0.4) is 0 Å². The molecule has 20 heavy (non-hydrogen) atoms. The fourth-order valence-corrected chi connectivity index (χ4v) is 4.97. The highest BCUT2D eigenvalue weighted by molar-refractivity contribution is 7.09. The summed E-state index contributed by atoms with van der Waals surface area (Å²) < 4.78 is 0. The molecule has 0 radical (unpaired) electrons. The average molecular weight is 291 g/mol. The van der Waals surface area contributed by atoms with E-state index >= 15 is 0 Å². The number of rotatable bonds is 6. The quantitative estimate of drug-likeness (QED) is 0.843. The lowest BCUT2D eigenvalue weighted by Gasteiger charge is -2.28. The second kappa shape index (κ2) is 6.30. The van der Waals surface area contributed by atoms with E-state index in [1.807, 2.05) is 0 Å². The number of nitrogens with one attached hydrogen (secondary N) is 1. The Balaban J connectivity index is 1.38. The largest absolute Gasteiger partial charge is 0.353 e. The van der Waals surface area contributed by atoms with Crippen LogP contribution in [-0.4, -0.2) is 11.9 Å². The smallest absolute Gasteiger partial charge is 0.220 e. The van der Waals surface area contributed by atoms with E-state index in [1.54, 1.807) is 11.3 Å². The van der Waals surface area contributed by atoms with Crippen LogP contribution in [0.15, 0.2) is 17.5 Å². The first kappa shape index (κ1) is 14.1. The van der Waals surface area contributed by atoms with Crippen molar-refractivity contribution in [1.29, 1.82) is 0 Å². The molecule has 0 saturated heterocycles. The molecule has 1 aromatic rings. The van der Waals surface area contributed by atoms with Crippen LogP contribution in [-0.2, 0) is 11.2 Å². The van der Waals surface area contributed by atoms with Gasteiger partial charge in [0.2, 0.25) is 5.91 Å². The normalized spacial score (nSPS) is 29.6. The van der Waals surface area contributed by atoms with Gasteiger partial charge in [-0.1, -0.05) is 12.5 Å². The van der Waals surface area contributed by atoms with Crippen molar-refractivity contribution in [3.05, 3.63) is 22.4 Å². The summed E-state index contributed by atoms with van der Waals surface area (Å²) in [6.45, 7) is 2.21. The number of hydrogen-bond donors (Lipinski definition) is 1. The van der Waals surface area contributed by atoms with Crippen molar-refractivity contribution in [2.75, 3.05) is 0 Å². The Morgan fingerprint density at radius 2 is 2.35 bits per heavy atom. The van der Waals surface area contributed by atoms with Gasteiger partial charge < -0.3 is 5.32 Å². The SMILES string of the molecule is CC(NC(=O)CCCc1cccs1)C1CC2CCC1C2. The molecule has 2 aliphatic rings. The predicted molar refractivity (Wildman–Crippen MR) is 83.8 cm³/mol. The summed E-state index contributed by atoms with van der Waals surface area (Å²) in [5.74, 6) is 2.84. The Bertz CT molecular complexity index is 442. The molecule has 0 spiro atoms. The van der Waals surface area contributed by atoms with E-state index in [1.165, 1.54) is 30.6 Å². The minimum absolute atomic E-state index is 0.247. The first-order valence-corrected chi connectivity index (χ1v) is 8.92. The third-order valence-electron chi connectivity index (χ3n) is 5.23. The first-order valence-electron chi connectivity index (χ1n) is 8.04. The van der Waals surface area contributed by atoms with Gasteiger partial charge >= 0.3 is 0 Å². The Morgan fingerprint density at radius 1 is 1.45 bits per heavy atom. The highest BCUT2D eigenvalue weighted by atomic mass is 32.1. The zero-order chi connectivity index (χ0) is 13.9. The Morgan fingerprint density at radius 3 is 3.00 bits per heavy atom. The number of amides is 1. The molecule has 1 amide bonds. The molecular weight excluding hydrogens is 266 g/mol. The van der Waals surface area contributed by atoms with Crippen molar-refractivity contribution in [1.82, 2.24) is 5.32 Å². The van der Waals surface area contributed by atoms with E-state index in [0.717, 1.165) is 30.6 Å². The van der Waals surface area contributed by atoms with Crippen molar-refractivity contribution in [3.8, 4) is 0 Å². The molecule has 2 bridgehead atoms. The van der Waals surface area contributed by atoms with Crippen LogP contribution in [0.4, 0.5) is 0 Å². The van der Waals surface area contributed by atoms with Gasteiger partial charge in [-0.05, 0) is 68.2 Å². The zero-order valence-corrected chi connectivity index (χ0v) is 13.1. The van der Waals surface area contributed by atoms with Gasteiger partial charge in [-0.3, -0.25) is 4.79 Å². The van der Waals surface area contributed by atoms with Crippen LogP contribution in [0, 0.1) is 17.8 Å². The first-order chi connectivity index (χ1) is 9.72. The van der Waals surface area contributed by atoms with E-state index in [9.17, 15) is 4.79 Å². The highest BCUT2D eigenvalue weighted by Crippen LogP contribution is 2.49. The predicted octanol–water partition coefficient (Wildman–Crippen LogP) is 4.01. The van der Waals surface area contributed by atoms with Crippen LogP contribution >= 0.6 is 11.3 Å². The van der Waals surface area contributed by atoms with Crippen LogP contribution in [0.2, 0.25) is 0 Å². The van der Waals surface area contributed by atoms with E-state index in [2.05, 4.69) is 29.8 Å². The van der Waals surface area contributed by atoms with E-state index in [4.69, 9.17) is 0 Å². The fraction of sp³-hybridized carbons (Fsp3) is 0.706. The van der Waals surface area contributed by atoms with Gasteiger partial charge in [0.25, 0.3) is 0 Å². The monoisotopic (exact) mass is 291 g/mol. The molecule has 2 nitrogen and oxygen atoms in total. The molecule has 1 aromatic heterocycles. The summed E-state index contributed by atoms with van der Waals surface area (Å²) in [5, 5.41) is 5.36.